The molecule has 0 radical (unpaired) electrons. The average Bonchev–Trinajstić information content (AvgIpc) is 1.84. The van der Waals surface area contributed by atoms with E-state index in [1.54, 1.807) is 0 Å². The molecule has 0 saturated heterocycles. The van der Waals surface area contributed by atoms with Gasteiger partial charge in [0.1, 0.15) is 0 Å². The molecule has 0 saturated carbocycles. The Morgan fingerprint density at radius 1 is 1.89 bits per heavy atom. The van der Waals surface area contributed by atoms with Gasteiger partial charge < -0.3 is 3.07 Å². The van der Waals surface area contributed by atoms with E-state index in [0.29, 0.717) is 0 Å². The standard InChI is InChI=1S/C3H4INO4/c1-2(5(7)8)3(6)9-4/h2H,1H3. The third-order valence-corrected chi connectivity index (χ3v) is 1.17. The number of nitro groups is 1. The van der Waals surface area contributed by atoms with Crippen LogP contribution in [0.2, 0.25) is 0 Å². The predicted molar refractivity (Wildman–Crippen MR) is 36.6 cm³/mol. The van der Waals surface area contributed by atoms with Crippen molar-refractivity contribution in [3.05, 3.63) is 10.1 Å². The molecule has 1 unspecified atom stereocenters. The van der Waals surface area contributed by atoms with Crippen molar-refractivity contribution >= 4 is 29.0 Å². The second kappa shape index (κ2) is 3.59. The van der Waals surface area contributed by atoms with Gasteiger partial charge in [-0.1, -0.05) is 0 Å². The van der Waals surface area contributed by atoms with E-state index in [1.807, 2.05) is 0 Å². The molecule has 9 heavy (non-hydrogen) atoms. The zero-order valence-corrected chi connectivity index (χ0v) is 6.69. The SMILES string of the molecule is CC(C(=O)OI)[N+](=O)[O-]. The number of nitrogens with zero attached hydrogens (tertiary/aromatic N) is 1. The van der Waals surface area contributed by atoms with Crippen molar-refractivity contribution in [1.82, 2.24) is 0 Å². The van der Waals surface area contributed by atoms with Crippen molar-refractivity contribution in [3.63, 3.8) is 0 Å². The zero-order valence-electron chi connectivity index (χ0n) is 4.54. The minimum Gasteiger partial charge on any atom is -0.389 e. The highest BCUT2D eigenvalue weighted by Gasteiger charge is 2.24. The first-order valence-electron chi connectivity index (χ1n) is 2.05. The van der Waals surface area contributed by atoms with Crippen LogP contribution in [0.15, 0.2) is 0 Å². The Balaban J connectivity index is 3.88. The highest BCUT2D eigenvalue weighted by molar-refractivity contribution is 14.1. The molecule has 0 N–H and O–H groups in total. The van der Waals surface area contributed by atoms with Crippen LogP contribution >= 0.6 is 23.0 Å². The second-order valence-corrected chi connectivity index (χ2v) is 1.80. The van der Waals surface area contributed by atoms with Crippen molar-refractivity contribution < 1.29 is 12.8 Å². The van der Waals surface area contributed by atoms with E-state index in [1.165, 1.54) is 29.9 Å². The van der Waals surface area contributed by atoms with Gasteiger partial charge in [-0.15, -0.1) is 0 Å². The Morgan fingerprint density at radius 3 is 2.44 bits per heavy atom. The van der Waals surface area contributed by atoms with Gasteiger partial charge in [-0.2, -0.15) is 0 Å². The minimum absolute atomic E-state index is 0.707. The molecular weight excluding hydrogens is 241 g/mol. The second-order valence-electron chi connectivity index (χ2n) is 1.36. The first-order chi connectivity index (χ1) is 4.09. The molecule has 0 heterocycles. The molecular formula is C3H4INO4. The first-order valence-corrected chi connectivity index (χ1v) is 2.93. The van der Waals surface area contributed by atoms with Gasteiger partial charge in [-0.25, -0.2) is 4.79 Å². The lowest BCUT2D eigenvalue weighted by Crippen LogP contribution is -2.25. The topological polar surface area (TPSA) is 69.4 Å². The fourth-order valence-electron chi connectivity index (χ4n) is 0.151. The molecule has 0 spiro atoms. The number of carbonyl (C=O) groups is 1. The number of carbonyl (C=O) groups excluding carboxylic acids is 1. The molecule has 0 aromatic heterocycles. The van der Waals surface area contributed by atoms with Crippen molar-refractivity contribution in [2.24, 2.45) is 0 Å². The molecule has 0 aliphatic rings. The molecule has 1 atom stereocenters. The fraction of sp³-hybridized carbons (Fsp3) is 0.667. The average molecular weight is 245 g/mol. The smallest absolute Gasteiger partial charge is 0.389 e. The van der Waals surface area contributed by atoms with E-state index >= 15 is 0 Å². The molecule has 0 aliphatic carbocycles. The molecule has 0 amide bonds. The Morgan fingerprint density at radius 2 is 2.33 bits per heavy atom. The van der Waals surface area contributed by atoms with Gasteiger partial charge in [0.2, 0.25) is 0 Å². The van der Waals surface area contributed by atoms with Gasteiger partial charge in [0.25, 0.3) is 0 Å². The molecule has 5 nitrogen and oxygen atoms in total. The third kappa shape index (κ3) is 2.59. The summed E-state index contributed by atoms with van der Waals surface area (Å²) < 4.78 is 4.06. The van der Waals surface area contributed by atoms with Crippen LogP contribution in [-0.2, 0) is 7.86 Å². The third-order valence-electron chi connectivity index (χ3n) is 0.733. The van der Waals surface area contributed by atoms with Crippen LogP contribution in [0.25, 0.3) is 0 Å². The Kier molecular flexibility index (Phi) is 3.43. The van der Waals surface area contributed by atoms with E-state index in [0.717, 1.165) is 0 Å². The normalized spacial score (nSPS) is 12.2. The number of hydrogen-bond donors (Lipinski definition) is 0. The van der Waals surface area contributed by atoms with Crippen LogP contribution in [0.1, 0.15) is 6.92 Å². The van der Waals surface area contributed by atoms with Crippen LogP contribution in [0.5, 0.6) is 0 Å². The first kappa shape index (κ1) is 8.60. The molecule has 0 fully saturated rings. The maximum atomic E-state index is 10.3. The van der Waals surface area contributed by atoms with E-state index in [-0.39, 0.29) is 0 Å². The summed E-state index contributed by atoms with van der Waals surface area (Å²) >= 11 is 1.31. The molecule has 0 aromatic carbocycles. The molecule has 6 heteroatoms. The summed E-state index contributed by atoms with van der Waals surface area (Å²) in [6.07, 6.45) is 0. The van der Waals surface area contributed by atoms with Crippen LogP contribution < -0.4 is 0 Å². The lowest BCUT2D eigenvalue weighted by molar-refractivity contribution is -0.505. The maximum absolute atomic E-state index is 10.3. The highest BCUT2D eigenvalue weighted by Crippen LogP contribution is 1.96. The minimum atomic E-state index is -1.26. The summed E-state index contributed by atoms with van der Waals surface area (Å²) in [6, 6.07) is -1.26. The number of rotatable bonds is 2. The van der Waals surface area contributed by atoms with Gasteiger partial charge in [0, 0.05) is 11.8 Å². The largest absolute Gasteiger partial charge is 0.390 e. The molecule has 0 bridgehead atoms. The molecule has 0 aromatic rings. The predicted octanol–water partition coefficient (Wildman–Crippen LogP) is 0.545. The Labute approximate surface area is 65.2 Å². The van der Waals surface area contributed by atoms with Crippen LogP contribution in [0.3, 0.4) is 0 Å². The van der Waals surface area contributed by atoms with Gasteiger partial charge >= 0.3 is 12.0 Å². The van der Waals surface area contributed by atoms with E-state index in [2.05, 4.69) is 3.07 Å². The summed E-state index contributed by atoms with van der Waals surface area (Å²) in [5.74, 6) is -0.833. The maximum Gasteiger partial charge on any atom is 0.390 e. The quantitative estimate of drug-likeness (QED) is 0.404. The van der Waals surface area contributed by atoms with Crippen LogP contribution in [0.4, 0.5) is 0 Å². The number of hydrogen-bond acceptors (Lipinski definition) is 4. The van der Waals surface area contributed by atoms with E-state index in [9.17, 15) is 14.9 Å². The summed E-state index contributed by atoms with van der Waals surface area (Å²) in [5, 5.41) is 9.80. The lowest BCUT2D eigenvalue weighted by Gasteiger charge is -1.96. The van der Waals surface area contributed by atoms with Gasteiger partial charge in [0.05, 0.1) is 0 Å². The zero-order chi connectivity index (χ0) is 7.44. The monoisotopic (exact) mass is 245 g/mol. The van der Waals surface area contributed by atoms with E-state index in [4.69, 9.17) is 0 Å². The van der Waals surface area contributed by atoms with E-state index < -0.39 is 16.9 Å². The van der Waals surface area contributed by atoms with Gasteiger partial charge in [-0.05, 0) is 0 Å². The van der Waals surface area contributed by atoms with Crippen LogP contribution in [0, 0.1) is 10.1 Å². The Bertz CT molecular complexity index is 136. The molecule has 0 aliphatic heterocycles. The summed E-state index contributed by atoms with van der Waals surface area (Å²) in [7, 11) is 0. The Hall–Kier alpha value is -0.400. The van der Waals surface area contributed by atoms with Crippen molar-refractivity contribution in [3.8, 4) is 0 Å². The van der Waals surface area contributed by atoms with Crippen LogP contribution in [-0.4, -0.2) is 16.9 Å². The molecule has 52 valence electrons. The number of halogens is 1. The summed E-state index contributed by atoms with van der Waals surface area (Å²) in [4.78, 5) is 19.4. The van der Waals surface area contributed by atoms with Gasteiger partial charge in [-0.3, -0.25) is 10.1 Å². The van der Waals surface area contributed by atoms with Crippen molar-refractivity contribution in [1.29, 1.82) is 0 Å². The van der Waals surface area contributed by atoms with Crippen molar-refractivity contribution in [2.45, 2.75) is 13.0 Å². The van der Waals surface area contributed by atoms with Crippen molar-refractivity contribution in [2.75, 3.05) is 0 Å². The fourth-order valence-corrected chi connectivity index (χ4v) is 0.519. The van der Waals surface area contributed by atoms with Gasteiger partial charge in [0.15, 0.2) is 23.0 Å². The highest BCUT2D eigenvalue weighted by atomic mass is 127. The summed E-state index contributed by atoms with van der Waals surface area (Å²) in [5.41, 5.74) is 0. The molecule has 0 rings (SSSR count). The summed E-state index contributed by atoms with van der Waals surface area (Å²) in [6.45, 7) is 1.17. The lowest BCUT2D eigenvalue weighted by atomic mass is 10.4.